The van der Waals surface area contributed by atoms with Crippen molar-refractivity contribution in [2.45, 2.75) is 13.8 Å². The molecule has 0 aliphatic heterocycles. The highest BCUT2D eigenvalue weighted by atomic mass is 19.1. The van der Waals surface area contributed by atoms with E-state index in [2.05, 4.69) is 0 Å². The quantitative estimate of drug-likeness (QED) is 0.682. The van der Waals surface area contributed by atoms with Gasteiger partial charge in [-0.3, -0.25) is 14.2 Å². The van der Waals surface area contributed by atoms with E-state index in [0.717, 1.165) is 0 Å². The average molecular weight is 341 g/mol. The Bertz CT molecular complexity index is 973. The third-order valence-electron chi connectivity index (χ3n) is 3.89. The molecule has 0 atom stereocenters. The van der Waals surface area contributed by atoms with Crippen LogP contribution in [0, 0.1) is 12.7 Å². The van der Waals surface area contributed by atoms with Gasteiger partial charge in [-0.1, -0.05) is 0 Å². The van der Waals surface area contributed by atoms with Crippen LogP contribution < -0.4 is 9.47 Å². The van der Waals surface area contributed by atoms with Crippen LogP contribution in [-0.2, 0) is 4.79 Å². The van der Waals surface area contributed by atoms with Crippen LogP contribution in [0.4, 0.5) is 4.39 Å². The maximum absolute atomic E-state index is 13.1. The Morgan fingerprint density at radius 2 is 1.76 bits per heavy atom. The van der Waals surface area contributed by atoms with Crippen LogP contribution in [-0.4, -0.2) is 23.6 Å². The Kier molecular flexibility index (Phi) is 4.27. The fraction of sp³-hybridized carbons (Fsp3) is 0.158. The summed E-state index contributed by atoms with van der Waals surface area (Å²) in [4.78, 5) is 24.4. The maximum atomic E-state index is 13.1. The second-order valence-corrected chi connectivity index (χ2v) is 5.54. The Morgan fingerprint density at radius 1 is 1.08 bits per heavy atom. The minimum Gasteiger partial charge on any atom is -0.497 e. The van der Waals surface area contributed by atoms with Crippen molar-refractivity contribution in [2.75, 3.05) is 7.11 Å². The highest BCUT2D eigenvalue weighted by Crippen LogP contribution is 2.36. The molecule has 0 aliphatic rings. The molecule has 0 aliphatic carbocycles. The number of hydrogen-bond donors (Lipinski definition) is 0. The van der Waals surface area contributed by atoms with Crippen LogP contribution >= 0.6 is 0 Å². The molecule has 0 radical (unpaired) electrons. The fourth-order valence-corrected chi connectivity index (χ4v) is 2.75. The van der Waals surface area contributed by atoms with Crippen LogP contribution in [0.5, 0.6) is 11.5 Å². The van der Waals surface area contributed by atoms with E-state index < -0.39 is 11.8 Å². The van der Waals surface area contributed by atoms with Gasteiger partial charge in [-0.2, -0.15) is 0 Å². The molecule has 5 nitrogen and oxygen atoms in total. The molecule has 1 heterocycles. The van der Waals surface area contributed by atoms with Crippen molar-refractivity contribution in [2.24, 2.45) is 0 Å². The summed E-state index contributed by atoms with van der Waals surface area (Å²) in [6.07, 6.45) is 0. The molecule has 6 heteroatoms. The van der Waals surface area contributed by atoms with Crippen LogP contribution in [0.25, 0.3) is 10.9 Å². The summed E-state index contributed by atoms with van der Waals surface area (Å²) in [6, 6.07) is 10.4. The van der Waals surface area contributed by atoms with Gasteiger partial charge < -0.3 is 9.47 Å². The molecule has 0 spiro atoms. The Morgan fingerprint density at radius 3 is 2.36 bits per heavy atom. The number of ether oxygens (including phenoxy) is 2. The molecule has 0 amide bonds. The van der Waals surface area contributed by atoms with Gasteiger partial charge in [0.2, 0.25) is 0 Å². The molecule has 2 aromatic carbocycles. The van der Waals surface area contributed by atoms with E-state index in [1.807, 2.05) is 0 Å². The topological polar surface area (TPSA) is 57.5 Å². The molecule has 3 rings (SSSR count). The number of benzene rings is 2. The van der Waals surface area contributed by atoms with Crippen molar-refractivity contribution in [3.8, 4) is 11.5 Å². The van der Waals surface area contributed by atoms with Crippen molar-refractivity contribution in [3.63, 3.8) is 0 Å². The first-order valence-corrected chi connectivity index (χ1v) is 7.60. The molecule has 1 aromatic heterocycles. The summed E-state index contributed by atoms with van der Waals surface area (Å²) < 4.78 is 25.1. The van der Waals surface area contributed by atoms with E-state index in [-0.39, 0.29) is 5.91 Å². The van der Waals surface area contributed by atoms with Gasteiger partial charge in [-0.15, -0.1) is 0 Å². The van der Waals surface area contributed by atoms with Crippen molar-refractivity contribution in [1.29, 1.82) is 0 Å². The lowest BCUT2D eigenvalue weighted by atomic mass is 10.2. The van der Waals surface area contributed by atoms with Crippen LogP contribution in [0.3, 0.4) is 0 Å². The van der Waals surface area contributed by atoms with E-state index in [4.69, 9.17) is 9.47 Å². The number of carbonyl (C=O) groups excluding carboxylic acids is 2. The zero-order chi connectivity index (χ0) is 18.1. The third kappa shape index (κ3) is 2.98. The lowest BCUT2D eigenvalue weighted by Gasteiger charge is -2.07. The van der Waals surface area contributed by atoms with Crippen molar-refractivity contribution >= 4 is 22.8 Å². The summed E-state index contributed by atoms with van der Waals surface area (Å²) in [7, 11) is 1.53. The highest BCUT2D eigenvalue weighted by Gasteiger charge is 2.22. The molecular formula is C19H16FNO4. The average Bonchev–Trinajstić information content (AvgIpc) is 2.86. The standard InChI is InChI=1S/C19H16FNO4/c1-11-18(25-12(2)22)16-10-15(24-3)8-9-17(16)21(11)19(23)13-4-6-14(20)7-5-13/h4-10H,1-3H3. The van der Waals surface area contributed by atoms with E-state index >= 15 is 0 Å². The molecule has 0 bridgehead atoms. The zero-order valence-corrected chi connectivity index (χ0v) is 14.0. The monoisotopic (exact) mass is 341 g/mol. The van der Waals surface area contributed by atoms with Gasteiger partial charge in [-0.05, 0) is 49.4 Å². The van der Waals surface area contributed by atoms with Gasteiger partial charge in [0.15, 0.2) is 5.75 Å². The molecule has 0 fully saturated rings. The van der Waals surface area contributed by atoms with Gasteiger partial charge in [0.05, 0.1) is 18.3 Å². The molecule has 3 aromatic rings. The summed E-state index contributed by atoms with van der Waals surface area (Å²) in [5, 5.41) is 0.586. The molecule has 0 saturated heterocycles. The first-order valence-electron chi connectivity index (χ1n) is 7.60. The summed E-state index contributed by atoms with van der Waals surface area (Å²) in [5.74, 6) is -0.370. The van der Waals surface area contributed by atoms with E-state index in [1.165, 1.54) is 42.9 Å². The Balaban J connectivity index is 2.23. The normalized spacial score (nSPS) is 10.7. The van der Waals surface area contributed by atoms with Crippen molar-refractivity contribution in [3.05, 3.63) is 59.5 Å². The Labute approximate surface area is 143 Å². The Hall–Kier alpha value is -3.15. The number of halogens is 1. The number of carbonyl (C=O) groups is 2. The van der Waals surface area contributed by atoms with Crippen molar-refractivity contribution < 1.29 is 23.5 Å². The van der Waals surface area contributed by atoms with Gasteiger partial charge >= 0.3 is 5.97 Å². The van der Waals surface area contributed by atoms with E-state index in [1.54, 1.807) is 25.1 Å². The molecule has 0 N–H and O–H groups in total. The molecule has 0 unspecified atom stereocenters. The van der Waals surface area contributed by atoms with E-state index in [0.29, 0.717) is 33.7 Å². The first-order chi connectivity index (χ1) is 11.9. The van der Waals surface area contributed by atoms with Crippen molar-refractivity contribution in [1.82, 2.24) is 4.57 Å². The molecular weight excluding hydrogens is 325 g/mol. The minimum atomic E-state index is -0.487. The molecule has 25 heavy (non-hydrogen) atoms. The number of rotatable bonds is 3. The second kappa shape index (κ2) is 6.39. The number of fused-ring (bicyclic) bond motifs is 1. The molecule has 128 valence electrons. The predicted molar refractivity (Wildman–Crippen MR) is 90.7 cm³/mol. The number of methoxy groups -OCH3 is 1. The maximum Gasteiger partial charge on any atom is 0.308 e. The highest BCUT2D eigenvalue weighted by molar-refractivity contribution is 6.05. The van der Waals surface area contributed by atoms with Gasteiger partial charge in [0.1, 0.15) is 11.6 Å². The van der Waals surface area contributed by atoms with Crippen LogP contribution in [0.2, 0.25) is 0 Å². The number of esters is 1. The molecule has 0 saturated carbocycles. The fourth-order valence-electron chi connectivity index (χ4n) is 2.75. The lowest BCUT2D eigenvalue weighted by Crippen LogP contribution is -2.14. The third-order valence-corrected chi connectivity index (χ3v) is 3.89. The summed E-state index contributed by atoms with van der Waals surface area (Å²) >= 11 is 0. The van der Waals surface area contributed by atoms with Crippen LogP contribution in [0.1, 0.15) is 23.0 Å². The van der Waals surface area contributed by atoms with E-state index in [9.17, 15) is 14.0 Å². The second-order valence-electron chi connectivity index (χ2n) is 5.54. The predicted octanol–water partition coefficient (Wildman–Crippen LogP) is 3.71. The van der Waals surface area contributed by atoms with Gasteiger partial charge in [-0.25, -0.2) is 4.39 Å². The zero-order valence-electron chi connectivity index (χ0n) is 14.0. The summed E-state index contributed by atoms with van der Waals surface area (Å²) in [6.45, 7) is 2.98. The minimum absolute atomic E-state index is 0.303. The summed E-state index contributed by atoms with van der Waals surface area (Å²) in [5.41, 5.74) is 1.38. The lowest BCUT2D eigenvalue weighted by molar-refractivity contribution is -0.131. The number of nitrogens with zero attached hydrogens (tertiary/aromatic N) is 1. The largest absolute Gasteiger partial charge is 0.497 e. The van der Waals surface area contributed by atoms with Gasteiger partial charge in [0.25, 0.3) is 5.91 Å². The number of aromatic nitrogens is 1. The SMILES string of the molecule is COc1ccc2c(c1)c(OC(C)=O)c(C)n2C(=O)c1ccc(F)cc1. The number of hydrogen-bond acceptors (Lipinski definition) is 4. The first kappa shape index (κ1) is 16.7. The van der Waals surface area contributed by atoms with Crippen LogP contribution in [0.15, 0.2) is 42.5 Å². The smallest absolute Gasteiger partial charge is 0.308 e. The van der Waals surface area contributed by atoms with Gasteiger partial charge in [0, 0.05) is 17.9 Å².